The second-order valence-electron chi connectivity index (χ2n) is 3.00. The molecule has 0 unspecified atom stereocenters. The Labute approximate surface area is 95.5 Å². The zero-order valence-electron chi connectivity index (χ0n) is 9.64. The monoisotopic (exact) mass is 223 g/mol. The van der Waals surface area contributed by atoms with E-state index in [1.807, 2.05) is 18.9 Å². The lowest BCUT2D eigenvalue weighted by Gasteiger charge is -2.18. The number of nitrogens with one attached hydrogen (secondary N) is 1. The molecule has 0 bridgehead atoms. The summed E-state index contributed by atoms with van der Waals surface area (Å²) in [4.78, 5) is 27.0. The van der Waals surface area contributed by atoms with E-state index in [0.29, 0.717) is 13.0 Å². The largest absolute Gasteiger partial charge is 0.359 e. The van der Waals surface area contributed by atoms with Gasteiger partial charge >= 0.3 is 0 Å². The van der Waals surface area contributed by atoms with Crippen LogP contribution < -0.4 is 5.32 Å². The maximum atomic E-state index is 11.0. The highest BCUT2D eigenvalue weighted by atomic mass is 16.2. The van der Waals surface area contributed by atoms with Crippen LogP contribution in [-0.2, 0) is 9.59 Å². The first-order valence-corrected chi connectivity index (χ1v) is 4.91. The summed E-state index contributed by atoms with van der Waals surface area (Å²) in [6, 6.07) is 0. The second kappa shape index (κ2) is 8.40. The molecule has 0 aliphatic rings. The highest BCUT2D eigenvalue weighted by Crippen LogP contribution is 2.03. The number of amides is 2. The highest BCUT2D eigenvalue weighted by molar-refractivity contribution is 5.85. The van der Waals surface area contributed by atoms with Gasteiger partial charge in [-0.15, -0.1) is 0 Å². The third kappa shape index (κ3) is 5.74. The van der Waals surface area contributed by atoms with Crippen molar-refractivity contribution in [3.05, 3.63) is 24.6 Å². The van der Waals surface area contributed by atoms with E-state index in [1.165, 1.54) is 0 Å². The maximum Gasteiger partial charge on any atom is 0.228 e. The normalized spacial score (nSPS) is 11.2. The topological polar surface area (TPSA) is 61.8 Å². The van der Waals surface area contributed by atoms with E-state index in [-0.39, 0.29) is 12.3 Å². The van der Waals surface area contributed by atoms with Crippen LogP contribution in [0.4, 0.5) is 0 Å². The van der Waals surface area contributed by atoms with Gasteiger partial charge in [-0.1, -0.05) is 12.7 Å². The van der Waals surface area contributed by atoms with E-state index >= 15 is 0 Å². The molecule has 0 radical (unpaired) electrons. The highest BCUT2D eigenvalue weighted by Gasteiger charge is 2.05. The number of nitrogens with zero attached hydrogens (tertiary/aromatic N) is 2. The standard InChI is InChI=1S/C11H17N3O2/c1-4-6-10(12-5-2)14(3)8-7-11(16)13-9-15/h4-6,9H,1,7-8H2,2-3H3,(H,13,15,16)/b10-6+,12-5-. The van der Waals surface area contributed by atoms with Crippen molar-refractivity contribution >= 4 is 18.5 Å². The van der Waals surface area contributed by atoms with Gasteiger partial charge in [0.1, 0.15) is 5.82 Å². The van der Waals surface area contributed by atoms with Crippen molar-refractivity contribution in [2.45, 2.75) is 13.3 Å². The first-order chi connectivity index (χ1) is 7.65. The number of hydrogen-bond donors (Lipinski definition) is 1. The Kier molecular flexibility index (Phi) is 7.40. The molecule has 0 heterocycles. The van der Waals surface area contributed by atoms with Crippen molar-refractivity contribution in [3.8, 4) is 0 Å². The summed E-state index contributed by atoms with van der Waals surface area (Å²) in [5.41, 5.74) is 0. The Balaban J connectivity index is 4.26. The SMILES string of the molecule is C=C/C=C(\N=C/C)N(C)CCC(=O)NC=O. The molecule has 5 heteroatoms. The van der Waals surface area contributed by atoms with E-state index in [9.17, 15) is 9.59 Å². The summed E-state index contributed by atoms with van der Waals surface area (Å²) in [5, 5.41) is 2.08. The van der Waals surface area contributed by atoms with Crippen molar-refractivity contribution in [1.29, 1.82) is 0 Å². The van der Waals surface area contributed by atoms with E-state index in [4.69, 9.17) is 0 Å². The third-order valence-corrected chi connectivity index (χ3v) is 1.81. The average Bonchev–Trinajstić information content (AvgIpc) is 2.26. The van der Waals surface area contributed by atoms with Gasteiger partial charge in [-0.05, 0) is 13.0 Å². The van der Waals surface area contributed by atoms with E-state index < -0.39 is 0 Å². The van der Waals surface area contributed by atoms with Crippen LogP contribution in [0.3, 0.4) is 0 Å². The molecule has 0 aromatic carbocycles. The number of aliphatic imine (C=N–C) groups is 1. The molecule has 0 rings (SSSR count). The van der Waals surface area contributed by atoms with Crippen molar-refractivity contribution in [2.24, 2.45) is 4.99 Å². The quantitative estimate of drug-likeness (QED) is 0.392. The van der Waals surface area contributed by atoms with Crippen LogP contribution in [-0.4, -0.2) is 37.0 Å². The summed E-state index contributed by atoms with van der Waals surface area (Å²) in [6.07, 6.45) is 5.66. The minimum absolute atomic E-state index is 0.239. The van der Waals surface area contributed by atoms with Crippen molar-refractivity contribution in [2.75, 3.05) is 13.6 Å². The fourth-order valence-electron chi connectivity index (χ4n) is 1.03. The molecular formula is C11H17N3O2. The minimum Gasteiger partial charge on any atom is -0.359 e. The number of imide groups is 1. The smallest absolute Gasteiger partial charge is 0.228 e. The molecule has 0 aliphatic heterocycles. The zero-order valence-corrected chi connectivity index (χ0v) is 9.64. The van der Waals surface area contributed by atoms with Gasteiger partial charge < -0.3 is 4.90 Å². The van der Waals surface area contributed by atoms with Gasteiger partial charge in [0.2, 0.25) is 12.3 Å². The first kappa shape index (κ1) is 14.1. The molecule has 0 fully saturated rings. The Morgan fingerprint density at radius 2 is 2.25 bits per heavy atom. The molecule has 0 atom stereocenters. The van der Waals surface area contributed by atoms with Gasteiger partial charge in [0.05, 0.1) is 0 Å². The summed E-state index contributed by atoms with van der Waals surface area (Å²) >= 11 is 0. The van der Waals surface area contributed by atoms with E-state index in [2.05, 4.69) is 16.9 Å². The van der Waals surface area contributed by atoms with Crippen LogP contribution in [0.2, 0.25) is 0 Å². The molecule has 0 aliphatic carbocycles. The molecule has 0 saturated heterocycles. The number of carbonyl (C=O) groups excluding carboxylic acids is 2. The van der Waals surface area contributed by atoms with Crippen molar-refractivity contribution in [3.63, 3.8) is 0 Å². The number of hydrogen-bond acceptors (Lipinski definition) is 4. The lowest BCUT2D eigenvalue weighted by atomic mass is 10.3. The van der Waals surface area contributed by atoms with Crippen LogP contribution in [0.1, 0.15) is 13.3 Å². The Morgan fingerprint density at radius 1 is 1.56 bits per heavy atom. The van der Waals surface area contributed by atoms with Crippen molar-refractivity contribution in [1.82, 2.24) is 10.2 Å². The van der Waals surface area contributed by atoms with Crippen molar-refractivity contribution < 1.29 is 9.59 Å². The van der Waals surface area contributed by atoms with Gasteiger partial charge in [-0.2, -0.15) is 0 Å². The zero-order chi connectivity index (χ0) is 12.4. The number of allylic oxidation sites excluding steroid dienone is 2. The number of rotatable bonds is 7. The summed E-state index contributed by atoms with van der Waals surface area (Å²) in [5.74, 6) is 0.414. The molecule has 0 spiro atoms. The molecule has 0 saturated carbocycles. The fraction of sp³-hybridized carbons (Fsp3) is 0.364. The average molecular weight is 223 g/mol. The molecule has 5 nitrogen and oxygen atoms in total. The van der Waals surface area contributed by atoms with Crippen LogP contribution in [0, 0.1) is 0 Å². The van der Waals surface area contributed by atoms with Gasteiger partial charge in [0.15, 0.2) is 0 Å². The predicted octanol–water partition coefficient (Wildman–Crippen LogP) is 0.699. The lowest BCUT2D eigenvalue weighted by Crippen LogP contribution is -2.27. The maximum absolute atomic E-state index is 11.0. The summed E-state index contributed by atoms with van der Waals surface area (Å²) < 4.78 is 0. The first-order valence-electron chi connectivity index (χ1n) is 4.91. The summed E-state index contributed by atoms with van der Waals surface area (Å²) in [7, 11) is 1.82. The van der Waals surface area contributed by atoms with Gasteiger partial charge in [0.25, 0.3) is 0 Å². The van der Waals surface area contributed by atoms with Crippen LogP contribution in [0.25, 0.3) is 0 Å². The molecule has 0 aromatic heterocycles. The van der Waals surface area contributed by atoms with Gasteiger partial charge in [-0.3, -0.25) is 14.9 Å². The Morgan fingerprint density at radius 3 is 2.75 bits per heavy atom. The number of carbonyl (C=O) groups is 2. The second-order valence-corrected chi connectivity index (χ2v) is 3.00. The lowest BCUT2D eigenvalue weighted by molar-refractivity contribution is -0.125. The van der Waals surface area contributed by atoms with Crippen LogP contribution >= 0.6 is 0 Å². The Hall–Kier alpha value is -1.91. The van der Waals surface area contributed by atoms with E-state index in [0.717, 1.165) is 5.82 Å². The molecule has 0 aromatic rings. The third-order valence-electron chi connectivity index (χ3n) is 1.81. The molecule has 16 heavy (non-hydrogen) atoms. The molecule has 1 N–H and O–H groups in total. The predicted molar refractivity (Wildman–Crippen MR) is 63.9 cm³/mol. The Bertz CT molecular complexity index is 308. The van der Waals surface area contributed by atoms with Gasteiger partial charge in [-0.25, -0.2) is 4.99 Å². The summed E-state index contributed by atoms with van der Waals surface area (Å²) in [6.45, 7) is 5.88. The fourth-order valence-corrected chi connectivity index (χ4v) is 1.03. The van der Waals surface area contributed by atoms with E-state index in [1.54, 1.807) is 18.4 Å². The molecule has 88 valence electrons. The molecular weight excluding hydrogens is 206 g/mol. The van der Waals surface area contributed by atoms with Crippen LogP contribution in [0.5, 0.6) is 0 Å². The van der Waals surface area contributed by atoms with Crippen LogP contribution in [0.15, 0.2) is 29.5 Å². The van der Waals surface area contributed by atoms with Gasteiger partial charge in [0, 0.05) is 26.2 Å². The minimum atomic E-state index is -0.305. The molecule has 2 amide bonds.